The minimum atomic E-state index is -0.611. The minimum Gasteiger partial charge on any atom is -0.480 e. The second kappa shape index (κ2) is 3.29. The molecule has 0 amide bonds. The number of carbonyl (C=O) groups is 1. The molecule has 13 heavy (non-hydrogen) atoms. The number of piperidine rings is 1. The molecule has 1 aliphatic carbocycles. The monoisotopic (exact) mass is 183 g/mol. The Kier molecular flexibility index (Phi) is 2.28. The van der Waals surface area contributed by atoms with Crippen molar-refractivity contribution in [3.63, 3.8) is 0 Å². The molecule has 2 bridgehead atoms. The van der Waals surface area contributed by atoms with E-state index in [1.807, 2.05) is 0 Å². The lowest BCUT2D eigenvalue weighted by Gasteiger charge is -2.32. The van der Waals surface area contributed by atoms with Gasteiger partial charge < -0.3 is 5.11 Å². The molecule has 3 nitrogen and oxygen atoms in total. The van der Waals surface area contributed by atoms with Gasteiger partial charge in [-0.25, -0.2) is 0 Å². The van der Waals surface area contributed by atoms with E-state index >= 15 is 0 Å². The topological polar surface area (TPSA) is 40.5 Å². The van der Waals surface area contributed by atoms with Crippen molar-refractivity contribution in [2.45, 2.75) is 44.7 Å². The fourth-order valence-corrected chi connectivity index (χ4v) is 3.00. The highest BCUT2D eigenvalue weighted by molar-refractivity contribution is 5.74. The predicted octanol–water partition coefficient (Wildman–Crippen LogP) is 1.33. The zero-order valence-corrected chi connectivity index (χ0v) is 8.07. The molecule has 2 aliphatic rings. The number of likely N-dealkylation sites (tertiary alicyclic amines) is 1. The van der Waals surface area contributed by atoms with Gasteiger partial charge in [-0.3, -0.25) is 9.69 Å². The summed E-state index contributed by atoms with van der Waals surface area (Å²) in [4.78, 5) is 13.2. The fraction of sp³-hybridized carbons (Fsp3) is 0.900. The molecule has 1 heterocycles. The Morgan fingerprint density at radius 1 is 1.54 bits per heavy atom. The van der Waals surface area contributed by atoms with Crippen molar-refractivity contribution in [3.05, 3.63) is 0 Å². The zero-order chi connectivity index (χ0) is 9.42. The largest absolute Gasteiger partial charge is 0.480 e. The van der Waals surface area contributed by atoms with Crippen molar-refractivity contribution in [1.82, 2.24) is 4.90 Å². The molecule has 2 fully saturated rings. The van der Waals surface area contributed by atoms with E-state index in [1.165, 1.54) is 6.42 Å². The van der Waals surface area contributed by atoms with Gasteiger partial charge in [0.25, 0.3) is 0 Å². The van der Waals surface area contributed by atoms with Crippen LogP contribution < -0.4 is 0 Å². The highest BCUT2D eigenvalue weighted by Crippen LogP contribution is 2.42. The molecule has 1 saturated carbocycles. The first-order valence-electron chi connectivity index (χ1n) is 5.22. The molecule has 3 heteroatoms. The maximum Gasteiger partial charge on any atom is 0.321 e. The predicted molar refractivity (Wildman–Crippen MR) is 49.5 cm³/mol. The highest BCUT2D eigenvalue weighted by atomic mass is 16.4. The summed E-state index contributed by atoms with van der Waals surface area (Å²) in [6, 6.07) is 0.407. The SMILES string of the molecule is CCCN1[C@@H]2CC[C@@H](C2)[C@H]1C(=O)O. The summed E-state index contributed by atoms with van der Waals surface area (Å²) in [7, 11) is 0. The summed E-state index contributed by atoms with van der Waals surface area (Å²) >= 11 is 0. The molecule has 0 radical (unpaired) electrons. The van der Waals surface area contributed by atoms with Crippen LogP contribution >= 0.6 is 0 Å². The minimum absolute atomic E-state index is 0.168. The first-order valence-corrected chi connectivity index (χ1v) is 5.22. The summed E-state index contributed by atoms with van der Waals surface area (Å²) in [5.74, 6) is -0.172. The number of fused-ring (bicyclic) bond motifs is 2. The third kappa shape index (κ3) is 1.35. The van der Waals surface area contributed by atoms with E-state index < -0.39 is 5.97 Å². The van der Waals surface area contributed by atoms with Crippen LogP contribution in [0.3, 0.4) is 0 Å². The van der Waals surface area contributed by atoms with Crippen LogP contribution in [0.15, 0.2) is 0 Å². The highest BCUT2D eigenvalue weighted by Gasteiger charge is 2.48. The van der Waals surface area contributed by atoms with E-state index in [0.717, 1.165) is 25.8 Å². The molecule has 1 aliphatic heterocycles. The molecule has 0 aromatic rings. The third-order valence-corrected chi connectivity index (χ3v) is 3.45. The van der Waals surface area contributed by atoms with Crippen molar-refractivity contribution in [3.8, 4) is 0 Å². The van der Waals surface area contributed by atoms with Gasteiger partial charge >= 0.3 is 5.97 Å². The van der Waals surface area contributed by atoms with E-state index in [-0.39, 0.29) is 6.04 Å². The average molecular weight is 183 g/mol. The van der Waals surface area contributed by atoms with Crippen LogP contribution in [0.2, 0.25) is 0 Å². The summed E-state index contributed by atoms with van der Waals surface area (Å²) in [6.07, 6.45) is 4.53. The van der Waals surface area contributed by atoms with Crippen molar-refractivity contribution in [2.24, 2.45) is 5.92 Å². The van der Waals surface area contributed by atoms with Gasteiger partial charge in [0.05, 0.1) is 0 Å². The molecule has 0 unspecified atom stereocenters. The second-order valence-corrected chi connectivity index (χ2v) is 4.25. The van der Waals surface area contributed by atoms with Crippen LogP contribution in [-0.2, 0) is 4.79 Å². The number of hydrogen-bond acceptors (Lipinski definition) is 2. The van der Waals surface area contributed by atoms with Gasteiger partial charge in [0.1, 0.15) is 6.04 Å². The number of hydrogen-bond donors (Lipinski definition) is 1. The summed E-state index contributed by atoms with van der Waals surface area (Å²) in [5, 5.41) is 9.09. The van der Waals surface area contributed by atoms with Crippen LogP contribution in [0.25, 0.3) is 0 Å². The molecule has 2 rings (SSSR count). The molecule has 1 N–H and O–H groups in total. The van der Waals surface area contributed by atoms with Crippen LogP contribution in [-0.4, -0.2) is 34.6 Å². The zero-order valence-electron chi connectivity index (χ0n) is 8.07. The maximum absolute atomic E-state index is 11.0. The van der Waals surface area contributed by atoms with Crippen molar-refractivity contribution in [1.29, 1.82) is 0 Å². The van der Waals surface area contributed by atoms with Crippen LogP contribution in [0.1, 0.15) is 32.6 Å². The van der Waals surface area contributed by atoms with E-state index in [2.05, 4.69) is 11.8 Å². The molecule has 74 valence electrons. The summed E-state index contributed by atoms with van der Waals surface area (Å²) in [5.41, 5.74) is 0. The number of carboxylic acid groups (broad SMARTS) is 1. The average Bonchev–Trinajstić information content (AvgIpc) is 2.63. The van der Waals surface area contributed by atoms with Crippen molar-refractivity contribution < 1.29 is 9.90 Å². The van der Waals surface area contributed by atoms with E-state index in [4.69, 9.17) is 5.11 Å². The Morgan fingerprint density at radius 2 is 2.31 bits per heavy atom. The lowest BCUT2D eigenvalue weighted by Crippen LogP contribution is -2.45. The standard InChI is InChI=1S/C10H17NO2/c1-2-5-11-8-4-3-7(6-8)9(11)10(12)13/h7-9H,2-6H2,1H3,(H,12,13)/t7-,8+,9-/m0/s1. The molecule has 0 aromatic heterocycles. The third-order valence-electron chi connectivity index (χ3n) is 3.45. The molecule has 1 saturated heterocycles. The quantitative estimate of drug-likeness (QED) is 0.717. The Labute approximate surface area is 78.7 Å². The smallest absolute Gasteiger partial charge is 0.321 e. The fourth-order valence-electron chi connectivity index (χ4n) is 3.00. The lowest BCUT2D eigenvalue weighted by molar-refractivity contribution is -0.145. The van der Waals surface area contributed by atoms with Crippen molar-refractivity contribution >= 4 is 5.97 Å². The van der Waals surface area contributed by atoms with Gasteiger partial charge in [0.2, 0.25) is 0 Å². The van der Waals surface area contributed by atoms with Gasteiger partial charge in [-0.15, -0.1) is 0 Å². The Balaban J connectivity index is 2.10. The summed E-state index contributed by atoms with van der Waals surface area (Å²) in [6.45, 7) is 3.07. The Hall–Kier alpha value is -0.570. The molecule has 0 spiro atoms. The number of aliphatic carboxylic acids is 1. The lowest BCUT2D eigenvalue weighted by atomic mass is 9.99. The summed E-state index contributed by atoms with van der Waals surface area (Å²) < 4.78 is 0. The maximum atomic E-state index is 11.0. The normalized spacial score (nSPS) is 38.4. The molecular formula is C10H17NO2. The van der Waals surface area contributed by atoms with E-state index in [9.17, 15) is 4.79 Å². The van der Waals surface area contributed by atoms with Crippen LogP contribution in [0, 0.1) is 5.92 Å². The van der Waals surface area contributed by atoms with Crippen LogP contribution in [0.5, 0.6) is 0 Å². The molecule has 0 aromatic carbocycles. The van der Waals surface area contributed by atoms with Gasteiger partial charge in [-0.1, -0.05) is 6.92 Å². The Morgan fingerprint density at radius 3 is 2.92 bits per heavy atom. The van der Waals surface area contributed by atoms with Gasteiger partial charge in [-0.05, 0) is 38.1 Å². The van der Waals surface area contributed by atoms with E-state index in [1.54, 1.807) is 0 Å². The first kappa shape index (κ1) is 9.00. The molecular weight excluding hydrogens is 166 g/mol. The number of nitrogens with zero attached hydrogens (tertiary/aromatic N) is 1. The van der Waals surface area contributed by atoms with Crippen molar-refractivity contribution in [2.75, 3.05) is 6.54 Å². The van der Waals surface area contributed by atoms with Crippen LogP contribution in [0.4, 0.5) is 0 Å². The Bertz CT molecular complexity index is 217. The number of carboxylic acids is 1. The first-order chi connectivity index (χ1) is 6.24. The molecule has 3 atom stereocenters. The number of rotatable bonds is 3. The van der Waals surface area contributed by atoms with E-state index in [0.29, 0.717) is 12.0 Å². The van der Waals surface area contributed by atoms with Gasteiger partial charge in [0, 0.05) is 6.04 Å². The second-order valence-electron chi connectivity index (χ2n) is 4.25. The van der Waals surface area contributed by atoms with Gasteiger partial charge in [-0.2, -0.15) is 0 Å². The van der Waals surface area contributed by atoms with Gasteiger partial charge in [0.15, 0.2) is 0 Å².